The third-order valence-corrected chi connectivity index (χ3v) is 4.50. The van der Waals surface area contributed by atoms with Gasteiger partial charge in [0.15, 0.2) is 0 Å². The third-order valence-electron chi connectivity index (χ3n) is 3.19. The molecule has 0 aliphatic rings. The summed E-state index contributed by atoms with van der Waals surface area (Å²) in [4.78, 5) is 0. The first-order valence-corrected chi connectivity index (χ1v) is 7.20. The molecule has 1 atom stereocenters. The first-order valence-electron chi connectivity index (χ1n) is 6.03. The van der Waals surface area contributed by atoms with E-state index in [4.69, 9.17) is 11.6 Å². The zero-order chi connectivity index (χ0) is 14.9. The summed E-state index contributed by atoms with van der Waals surface area (Å²) in [7, 11) is 1.64. The maximum atomic E-state index is 14.3. The number of rotatable bonds is 3. The van der Waals surface area contributed by atoms with E-state index < -0.39 is 17.7 Å². The summed E-state index contributed by atoms with van der Waals surface area (Å²) in [5, 5.41) is 3.36. The number of hydrogen-bond acceptors (Lipinski definition) is 1. The highest BCUT2D eigenvalue weighted by atomic mass is 79.9. The van der Waals surface area contributed by atoms with E-state index >= 15 is 0 Å². The van der Waals surface area contributed by atoms with Crippen LogP contribution in [0, 0.1) is 18.6 Å². The SMILES string of the molecule is CNC(c1cccc(Br)c1Cl)c1c(F)ccc(C)c1F. The smallest absolute Gasteiger partial charge is 0.134 e. The molecule has 20 heavy (non-hydrogen) atoms. The van der Waals surface area contributed by atoms with Gasteiger partial charge < -0.3 is 5.32 Å². The quantitative estimate of drug-likeness (QED) is 0.812. The molecule has 0 saturated heterocycles. The molecule has 5 heteroatoms. The highest BCUT2D eigenvalue weighted by Crippen LogP contribution is 2.35. The van der Waals surface area contributed by atoms with Crippen molar-refractivity contribution in [3.05, 3.63) is 68.2 Å². The average Bonchev–Trinajstić information content (AvgIpc) is 2.43. The summed E-state index contributed by atoms with van der Waals surface area (Å²) in [5.74, 6) is -1.15. The topological polar surface area (TPSA) is 12.0 Å². The van der Waals surface area contributed by atoms with Gasteiger partial charge in [0, 0.05) is 10.0 Å². The normalized spacial score (nSPS) is 12.5. The fourth-order valence-corrected chi connectivity index (χ4v) is 2.76. The Morgan fingerprint density at radius 2 is 1.90 bits per heavy atom. The van der Waals surface area contributed by atoms with Crippen LogP contribution in [-0.2, 0) is 0 Å². The van der Waals surface area contributed by atoms with Gasteiger partial charge in [-0.05, 0) is 53.2 Å². The molecule has 0 aromatic heterocycles. The van der Waals surface area contributed by atoms with Crippen molar-refractivity contribution in [3.8, 4) is 0 Å². The van der Waals surface area contributed by atoms with Gasteiger partial charge in [-0.25, -0.2) is 8.78 Å². The van der Waals surface area contributed by atoms with Crippen LogP contribution in [0.5, 0.6) is 0 Å². The molecule has 0 aliphatic heterocycles. The summed E-state index contributed by atoms with van der Waals surface area (Å²) >= 11 is 9.55. The monoisotopic (exact) mass is 359 g/mol. The van der Waals surface area contributed by atoms with E-state index in [-0.39, 0.29) is 5.56 Å². The van der Waals surface area contributed by atoms with Crippen LogP contribution in [0.2, 0.25) is 5.02 Å². The molecule has 0 spiro atoms. The number of benzene rings is 2. The van der Waals surface area contributed by atoms with Crippen LogP contribution in [0.4, 0.5) is 8.78 Å². The highest BCUT2D eigenvalue weighted by Gasteiger charge is 2.24. The van der Waals surface area contributed by atoms with E-state index in [1.165, 1.54) is 12.1 Å². The second-order valence-electron chi connectivity index (χ2n) is 4.46. The largest absolute Gasteiger partial charge is 0.309 e. The molecule has 0 fully saturated rings. The molecule has 106 valence electrons. The molecule has 0 radical (unpaired) electrons. The van der Waals surface area contributed by atoms with Crippen LogP contribution < -0.4 is 5.32 Å². The predicted octanol–water partition coefficient (Wildman–Crippen LogP) is 5.00. The lowest BCUT2D eigenvalue weighted by Gasteiger charge is -2.21. The first kappa shape index (κ1) is 15.4. The predicted molar refractivity (Wildman–Crippen MR) is 81.1 cm³/mol. The molecule has 0 amide bonds. The lowest BCUT2D eigenvalue weighted by molar-refractivity contribution is 0.517. The van der Waals surface area contributed by atoms with Crippen LogP contribution in [0.25, 0.3) is 0 Å². The lowest BCUT2D eigenvalue weighted by atomic mass is 9.96. The molecule has 0 saturated carbocycles. The molecule has 0 aliphatic carbocycles. The molecule has 1 N–H and O–H groups in total. The van der Waals surface area contributed by atoms with Gasteiger partial charge in [-0.15, -0.1) is 0 Å². The van der Waals surface area contributed by atoms with Gasteiger partial charge >= 0.3 is 0 Å². The van der Waals surface area contributed by atoms with E-state index in [0.717, 1.165) is 0 Å². The van der Waals surface area contributed by atoms with Crippen molar-refractivity contribution in [3.63, 3.8) is 0 Å². The maximum Gasteiger partial charge on any atom is 0.134 e. The minimum atomic E-state index is -0.653. The van der Waals surface area contributed by atoms with Crippen LogP contribution in [0.3, 0.4) is 0 Å². The second kappa shape index (κ2) is 6.20. The van der Waals surface area contributed by atoms with Gasteiger partial charge in [-0.3, -0.25) is 0 Å². The molecular weight excluding hydrogens is 348 g/mol. The zero-order valence-electron chi connectivity index (χ0n) is 11.0. The van der Waals surface area contributed by atoms with Gasteiger partial charge in [0.1, 0.15) is 11.6 Å². The van der Waals surface area contributed by atoms with Gasteiger partial charge in [0.05, 0.1) is 11.1 Å². The fraction of sp³-hybridized carbons (Fsp3) is 0.200. The van der Waals surface area contributed by atoms with E-state index in [9.17, 15) is 8.78 Å². The first-order chi connectivity index (χ1) is 9.47. The van der Waals surface area contributed by atoms with Crippen LogP contribution >= 0.6 is 27.5 Å². The zero-order valence-corrected chi connectivity index (χ0v) is 13.3. The molecule has 2 rings (SSSR count). The Balaban J connectivity index is 2.65. The average molecular weight is 361 g/mol. The molecule has 1 nitrogen and oxygen atoms in total. The maximum absolute atomic E-state index is 14.3. The number of halogens is 4. The number of aryl methyl sites for hydroxylation is 1. The van der Waals surface area contributed by atoms with Crippen molar-refractivity contribution >= 4 is 27.5 Å². The molecule has 2 aromatic carbocycles. The van der Waals surface area contributed by atoms with Crippen LogP contribution in [0.15, 0.2) is 34.8 Å². The van der Waals surface area contributed by atoms with Gasteiger partial charge in [0.25, 0.3) is 0 Å². The second-order valence-corrected chi connectivity index (χ2v) is 5.69. The number of nitrogens with one attached hydrogen (secondary N) is 1. The standard InChI is InChI=1S/C15H13BrClF2N/c1-8-6-7-11(18)12(14(8)19)15(20-2)9-4-3-5-10(16)13(9)17/h3-7,15,20H,1-2H3. The van der Waals surface area contributed by atoms with Crippen molar-refractivity contribution < 1.29 is 8.78 Å². The van der Waals surface area contributed by atoms with Crippen molar-refractivity contribution in [1.29, 1.82) is 0 Å². The van der Waals surface area contributed by atoms with Gasteiger partial charge in [-0.2, -0.15) is 0 Å². The summed E-state index contributed by atoms with van der Waals surface area (Å²) in [6.45, 7) is 1.60. The minimum absolute atomic E-state index is 0.0208. The van der Waals surface area contributed by atoms with Crippen molar-refractivity contribution in [2.75, 3.05) is 7.05 Å². The third kappa shape index (κ3) is 2.73. The number of hydrogen-bond donors (Lipinski definition) is 1. The van der Waals surface area contributed by atoms with Gasteiger partial charge in [0.2, 0.25) is 0 Å². The molecular formula is C15H13BrClF2N. The Kier molecular flexibility index (Phi) is 4.78. The van der Waals surface area contributed by atoms with Crippen LogP contribution in [-0.4, -0.2) is 7.05 Å². The summed E-state index contributed by atoms with van der Waals surface area (Å²) in [6.07, 6.45) is 0. The van der Waals surface area contributed by atoms with Crippen molar-refractivity contribution in [1.82, 2.24) is 5.32 Å². The molecule has 2 aromatic rings. The highest BCUT2D eigenvalue weighted by molar-refractivity contribution is 9.10. The Labute approximate surface area is 130 Å². The van der Waals surface area contributed by atoms with Crippen LogP contribution in [0.1, 0.15) is 22.7 Å². The van der Waals surface area contributed by atoms with E-state index in [1.54, 1.807) is 32.2 Å². The van der Waals surface area contributed by atoms with Gasteiger partial charge in [-0.1, -0.05) is 29.8 Å². The lowest BCUT2D eigenvalue weighted by Crippen LogP contribution is -2.21. The molecule has 0 heterocycles. The summed E-state index contributed by atoms with van der Waals surface area (Å²) in [5.41, 5.74) is 0.993. The molecule has 0 bridgehead atoms. The van der Waals surface area contributed by atoms with Crippen molar-refractivity contribution in [2.45, 2.75) is 13.0 Å². The fourth-order valence-electron chi connectivity index (χ4n) is 2.14. The Bertz CT molecular complexity index is 646. The molecule has 1 unspecified atom stereocenters. The Morgan fingerprint density at radius 3 is 2.55 bits per heavy atom. The van der Waals surface area contributed by atoms with E-state index in [0.29, 0.717) is 20.6 Å². The van der Waals surface area contributed by atoms with Crippen molar-refractivity contribution in [2.24, 2.45) is 0 Å². The summed E-state index contributed by atoms with van der Waals surface area (Å²) in [6, 6.07) is 7.34. The minimum Gasteiger partial charge on any atom is -0.309 e. The van der Waals surface area contributed by atoms with E-state index in [2.05, 4.69) is 21.2 Å². The Hall–Kier alpha value is -0.970. The Morgan fingerprint density at radius 1 is 1.20 bits per heavy atom. The summed E-state index contributed by atoms with van der Waals surface area (Å²) < 4.78 is 29.0. The van der Waals surface area contributed by atoms with E-state index in [1.807, 2.05) is 0 Å².